The molecule has 1 amide bonds. The van der Waals surface area contributed by atoms with Gasteiger partial charge in [-0.3, -0.25) is 10.2 Å². The summed E-state index contributed by atoms with van der Waals surface area (Å²) in [5.74, 6) is 0.113. The molecule has 0 aliphatic carbocycles. The fourth-order valence-corrected chi connectivity index (χ4v) is 5.30. The van der Waals surface area contributed by atoms with Crippen molar-refractivity contribution in [2.24, 2.45) is 5.92 Å². The minimum atomic E-state index is -3.66. The van der Waals surface area contributed by atoms with Crippen LogP contribution in [0, 0.1) is 5.92 Å². The summed E-state index contributed by atoms with van der Waals surface area (Å²) in [7, 11) is -3.66. The Bertz CT molecular complexity index is 762. The lowest BCUT2D eigenvalue weighted by Crippen LogP contribution is -2.42. The molecule has 1 aromatic rings. The standard InChI is InChI=1S/C17H27BrN4O3S/c1-10(2)14-13(18)15(21-20-14)16(23)19-11-7-6-8-12(9-11)26(24,25)22-17(3,4)5/h6-10,13-15,20-22H,1-5H3,(H,19,23). The average Bonchev–Trinajstić information content (AvgIpc) is 2.87. The second-order valence-corrected chi connectivity index (χ2v) is 10.6. The third kappa shape index (κ3) is 5.26. The van der Waals surface area contributed by atoms with E-state index in [-0.39, 0.29) is 21.7 Å². The Hall–Kier alpha value is -1.00. The van der Waals surface area contributed by atoms with Gasteiger partial charge in [-0.15, -0.1) is 0 Å². The van der Waals surface area contributed by atoms with E-state index in [2.05, 4.69) is 50.7 Å². The minimum absolute atomic E-state index is 0.0722. The molecule has 0 saturated carbocycles. The molecule has 3 atom stereocenters. The van der Waals surface area contributed by atoms with Gasteiger partial charge >= 0.3 is 0 Å². The fraction of sp³-hybridized carbons (Fsp3) is 0.588. The van der Waals surface area contributed by atoms with Gasteiger partial charge in [0.2, 0.25) is 15.9 Å². The number of alkyl halides is 1. The van der Waals surface area contributed by atoms with E-state index >= 15 is 0 Å². The van der Waals surface area contributed by atoms with Crippen LogP contribution in [-0.4, -0.2) is 36.8 Å². The Morgan fingerprint density at radius 2 is 1.88 bits per heavy atom. The van der Waals surface area contributed by atoms with Gasteiger partial charge in [0.05, 0.1) is 9.72 Å². The van der Waals surface area contributed by atoms with Gasteiger partial charge in [-0.2, -0.15) is 0 Å². The first-order valence-electron chi connectivity index (χ1n) is 8.51. The first-order valence-corrected chi connectivity index (χ1v) is 10.9. The summed E-state index contributed by atoms with van der Waals surface area (Å²) in [6.45, 7) is 9.47. The highest BCUT2D eigenvalue weighted by atomic mass is 79.9. The predicted octanol–water partition coefficient (Wildman–Crippen LogP) is 1.97. The molecule has 146 valence electrons. The SMILES string of the molecule is CC(C)C1NNC(C(=O)Nc2cccc(S(=O)(=O)NC(C)(C)C)c2)C1Br. The molecule has 1 aromatic carbocycles. The molecule has 1 aliphatic rings. The number of halogens is 1. The number of hydrazine groups is 1. The van der Waals surface area contributed by atoms with Gasteiger partial charge < -0.3 is 5.32 Å². The van der Waals surface area contributed by atoms with Crippen molar-refractivity contribution in [3.63, 3.8) is 0 Å². The normalized spacial score (nSPS) is 24.0. The van der Waals surface area contributed by atoms with Crippen molar-refractivity contribution < 1.29 is 13.2 Å². The summed E-state index contributed by atoms with van der Waals surface area (Å²) in [5.41, 5.74) is 5.96. The third-order valence-electron chi connectivity index (χ3n) is 3.92. The molecule has 2 rings (SSSR count). The first-order chi connectivity index (χ1) is 11.9. The molecular formula is C17H27BrN4O3S. The molecule has 0 spiro atoms. The molecule has 1 fully saturated rings. The number of anilines is 1. The summed E-state index contributed by atoms with van der Waals surface area (Å²) in [6, 6.07) is 5.89. The van der Waals surface area contributed by atoms with Gasteiger partial charge in [-0.05, 0) is 44.9 Å². The molecule has 4 N–H and O–H groups in total. The summed E-state index contributed by atoms with van der Waals surface area (Å²) in [6.07, 6.45) is 0. The Kier molecular flexibility index (Phi) is 6.50. The van der Waals surface area contributed by atoms with E-state index in [0.29, 0.717) is 11.6 Å². The van der Waals surface area contributed by atoms with E-state index in [1.807, 2.05) is 0 Å². The van der Waals surface area contributed by atoms with Crippen LogP contribution < -0.4 is 20.9 Å². The van der Waals surface area contributed by atoms with Crippen LogP contribution in [0.3, 0.4) is 0 Å². The topological polar surface area (TPSA) is 99.3 Å². The van der Waals surface area contributed by atoms with E-state index in [0.717, 1.165) is 0 Å². The Balaban J connectivity index is 2.13. The zero-order chi connectivity index (χ0) is 19.7. The van der Waals surface area contributed by atoms with Crippen LogP contribution >= 0.6 is 15.9 Å². The van der Waals surface area contributed by atoms with Crippen molar-refractivity contribution in [3.8, 4) is 0 Å². The van der Waals surface area contributed by atoms with Crippen molar-refractivity contribution in [2.75, 3.05) is 5.32 Å². The lowest BCUT2D eigenvalue weighted by molar-refractivity contribution is -0.117. The number of nitrogens with one attached hydrogen (secondary N) is 4. The molecule has 1 heterocycles. The zero-order valence-electron chi connectivity index (χ0n) is 15.6. The second-order valence-electron chi connectivity index (χ2n) is 7.85. The lowest BCUT2D eigenvalue weighted by Gasteiger charge is -2.21. The molecule has 9 heteroatoms. The van der Waals surface area contributed by atoms with Crippen LogP contribution in [0.15, 0.2) is 29.2 Å². The van der Waals surface area contributed by atoms with Gasteiger partial charge in [0.25, 0.3) is 0 Å². The molecule has 1 aliphatic heterocycles. The van der Waals surface area contributed by atoms with Gasteiger partial charge in [0, 0.05) is 17.3 Å². The number of rotatable bonds is 5. The van der Waals surface area contributed by atoms with E-state index < -0.39 is 21.6 Å². The number of carbonyl (C=O) groups is 1. The fourth-order valence-electron chi connectivity index (χ4n) is 2.72. The van der Waals surface area contributed by atoms with Crippen LogP contribution in [0.1, 0.15) is 34.6 Å². The van der Waals surface area contributed by atoms with E-state index in [4.69, 9.17) is 0 Å². The number of hydrogen-bond donors (Lipinski definition) is 4. The molecule has 0 aromatic heterocycles. The third-order valence-corrected chi connectivity index (χ3v) is 6.77. The van der Waals surface area contributed by atoms with Crippen LogP contribution in [0.2, 0.25) is 0 Å². The van der Waals surface area contributed by atoms with Gasteiger partial charge in [-0.25, -0.2) is 18.6 Å². The van der Waals surface area contributed by atoms with Crippen molar-refractivity contribution in [2.45, 2.75) is 62.0 Å². The van der Waals surface area contributed by atoms with Gasteiger partial charge in [0.1, 0.15) is 6.04 Å². The molecule has 3 unspecified atom stereocenters. The lowest BCUT2D eigenvalue weighted by atomic mass is 9.99. The van der Waals surface area contributed by atoms with Crippen molar-refractivity contribution in [1.82, 2.24) is 15.6 Å². The van der Waals surface area contributed by atoms with Gasteiger partial charge in [0.15, 0.2) is 0 Å². The maximum atomic E-state index is 12.6. The summed E-state index contributed by atoms with van der Waals surface area (Å²) < 4.78 is 27.5. The number of benzene rings is 1. The zero-order valence-corrected chi connectivity index (χ0v) is 18.0. The van der Waals surface area contributed by atoms with Crippen molar-refractivity contribution >= 4 is 37.5 Å². The van der Waals surface area contributed by atoms with Crippen LogP contribution in [0.25, 0.3) is 0 Å². The summed E-state index contributed by atoms with van der Waals surface area (Å²) in [5, 5.41) is 2.79. The van der Waals surface area contributed by atoms with E-state index in [9.17, 15) is 13.2 Å². The Labute approximate surface area is 163 Å². The van der Waals surface area contributed by atoms with Crippen molar-refractivity contribution in [1.29, 1.82) is 0 Å². The highest BCUT2D eigenvalue weighted by Crippen LogP contribution is 2.23. The van der Waals surface area contributed by atoms with Crippen LogP contribution in [0.5, 0.6) is 0 Å². The summed E-state index contributed by atoms with van der Waals surface area (Å²) in [4.78, 5) is 12.6. The highest BCUT2D eigenvalue weighted by Gasteiger charge is 2.39. The average molecular weight is 447 g/mol. The molecule has 7 nitrogen and oxygen atoms in total. The quantitative estimate of drug-likeness (QED) is 0.518. The minimum Gasteiger partial charge on any atom is -0.325 e. The molecule has 0 bridgehead atoms. The van der Waals surface area contributed by atoms with Gasteiger partial charge in [-0.1, -0.05) is 35.8 Å². The molecule has 0 radical (unpaired) electrons. The number of sulfonamides is 1. The van der Waals surface area contributed by atoms with Crippen LogP contribution in [0.4, 0.5) is 5.69 Å². The number of carbonyl (C=O) groups excluding carboxylic acids is 1. The smallest absolute Gasteiger partial charge is 0.244 e. The highest BCUT2D eigenvalue weighted by molar-refractivity contribution is 9.09. The predicted molar refractivity (Wildman–Crippen MR) is 107 cm³/mol. The monoisotopic (exact) mass is 446 g/mol. The maximum Gasteiger partial charge on any atom is 0.244 e. The second kappa shape index (κ2) is 7.93. The largest absolute Gasteiger partial charge is 0.325 e. The molecule has 26 heavy (non-hydrogen) atoms. The Morgan fingerprint density at radius 3 is 2.42 bits per heavy atom. The summed E-state index contributed by atoms with van der Waals surface area (Å²) >= 11 is 3.57. The van der Waals surface area contributed by atoms with Crippen LogP contribution in [-0.2, 0) is 14.8 Å². The Morgan fingerprint density at radius 1 is 1.23 bits per heavy atom. The number of amides is 1. The molecule has 1 saturated heterocycles. The molecular weight excluding hydrogens is 420 g/mol. The number of hydrogen-bond acceptors (Lipinski definition) is 5. The van der Waals surface area contributed by atoms with E-state index in [1.54, 1.807) is 32.9 Å². The maximum absolute atomic E-state index is 12.6. The van der Waals surface area contributed by atoms with E-state index in [1.165, 1.54) is 12.1 Å². The first kappa shape index (κ1) is 21.3. The van der Waals surface area contributed by atoms with Crippen molar-refractivity contribution in [3.05, 3.63) is 24.3 Å².